The highest BCUT2D eigenvalue weighted by Crippen LogP contribution is 2.15. The zero-order chi connectivity index (χ0) is 19.2. The van der Waals surface area contributed by atoms with Crippen molar-refractivity contribution in [3.8, 4) is 0 Å². The molecule has 0 unspecified atom stereocenters. The molecule has 3 aromatic rings. The molecule has 0 spiro atoms. The lowest BCUT2D eigenvalue weighted by atomic mass is 10.4. The first-order valence-electron chi connectivity index (χ1n) is 8.43. The summed E-state index contributed by atoms with van der Waals surface area (Å²) in [5.41, 5.74) is 7.07. The summed E-state index contributed by atoms with van der Waals surface area (Å²) in [5, 5.41) is 0. The van der Waals surface area contributed by atoms with Gasteiger partial charge in [-0.15, -0.1) is 0 Å². The number of rotatable bonds is 9. The van der Waals surface area contributed by atoms with E-state index in [0.29, 0.717) is 23.4 Å². The van der Waals surface area contributed by atoms with Crippen molar-refractivity contribution in [3.05, 3.63) is 45.3 Å². The summed E-state index contributed by atoms with van der Waals surface area (Å²) in [5.74, 6) is 4.21. The van der Waals surface area contributed by atoms with E-state index in [1.807, 2.05) is 16.3 Å². The Balaban J connectivity index is 1.34. The van der Waals surface area contributed by atoms with E-state index in [9.17, 15) is 9.59 Å². The molecule has 0 aliphatic heterocycles. The summed E-state index contributed by atoms with van der Waals surface area (Å²) in [6.45, 7) is 3.10. The van der Waals surface area contributed by atoms with E-state index in [1.165, 1.54) is 6.33 Å². The van der Waals surface area contributed by atoms with Crippen molar-refractivity contribution in [2.24, 2.45) is 0 Å². The van der Waals surface area contributed by atoms with Gasteiger partial charge in [-0.2, -0.15) is 23.5 Å². The Morgan fingerprint density at radius 1 is 1.04 bits per heavy atom. The van der Waals surface area contributed by atoms with Gasteiger partial charge >= 0.3 is 5.69 Å². The summed E-state index contributed by atoms with van der Waals surface area (Å²) in [4.78, 5) is 37.8. The van der Waals surface area contributed by atoms with E-state index in [1.54, 1.807) is 35.8 Å². The topological polar surface area (TPSA) is 124 Å². The van der Waals surface area contributed by atoms with Gasteiger partial charge in [0.05, 0.1) is 6.33 Å². The van der Waals surface area contributed by atoms with E-state index in [2.05, 4.69) is 19.9 Å². The van der Waals surface area contributed by atoms with E-state index in [0.717, 1.165) is 35.2 Å². The molecule has 9 nitrogen and oxygen atoms in total. The highest BCUT2D eigenvalue weighted by Gasteiger charge is 2.07. The quantitative estimate of drug-likeness (QED) is 0.498. The summed E-state index contributed by atoms with van der Waals surface area (Å²) in [6, 6.07) is 0. The first kappa shape index (κ1) is 19.5. The minimum atomic E-state index is -0.349. The average molecular weight is 408 g/mol. The normalized spacial score (nSPS) is 11.3. The number of aryl methyl sites for hydroxylation is 3. The van der Waals surface area contributed by atoms with Gasteiger partial charge in [-0.1, -0.05) is 0 Å². The standard InChI is InChI=1S/C16H21N7O2S2/c1-11-8-22(16(25)21-15(11)24)2-4-26-6-7-27-5-3-23-10-20-12-13(17)18-9-19-14(12)23/h8-10H,2-7H2,1H3,(H2,17,18,19)(H,21,24,25). The summed E-state index contributed by atoms with van der Waals surface area (Å²) < 4.78 is 3.53. The molecule has 0 amide bonds. The molecule has 3 rings (SSSR count). The van der Waals surface area contributed by atoms with Gasteiger partial charge in [-0.05, 0) is 6.92 Å². The molecule has 0 saturated carbocycles. The third-order valence-corrected chi connectivity index (χ3v) is 6.13. The summed E-state index contributed by atoms with van der Waals surface area (Å²) >= 11 is 3.65. The number of thioether (sulfide) groups is 2. The predicted octanol–water partition coefficient (Wildman–Crippen LogP) is 0.734. The maximum absolute atomic E-state index is 11.7. The van der Waals surface area contributed by atoms with Crippen LogP contribution in [0.3, 0.4) is 0 Å². The lowest BCUT2D eigenvalue weighted by Crippen LogP contribution is -2.31. The maximum atomic E-state index is 11.7. The van der Waals surface area contributed by atoms with E-state index >= 15 is 0 Å². The van der Waals surface area contributed by atoms with Crippen LogP contribution < -0.4 is 17.0 Å². The second-order valence-electron chi connectivity index (χ2n) is 5.86. The van der Waals surface area contributed by atoms with Crippen molar-refractivity contribution in [3.63, 3.8) is 0 Å². The zero-order valence-electron chi connectivity index (χ0n) is 14.9. The molecule has 0 aliphatic rings. The van der Waals surface area contributed by atoms with Crippen LogP contribution >= 0.6 is 23.5 Å². The number of aromatic nitrogens is 6. The van der Waals surface area contributed by atoms with Gasteiger partial charge in [0.15, 0.2) is 11.5 Å². The van der Waals surface area contributed by atoms with Gasteiger partial charge in [-0.25, -0.2) is 19.7 Å². The Labute approximate surface area is 163 Å². The Kier molecular flexibility index (Phi) is 6.56. The zero-order valence-corrected chi connectivity index (χ0v) is 16.6. The number of hydrogen-bond donors (Lipinski definition) is 2. The fourth-order valence-electron chi connectivity index (χ4n) is 2.49. The summed E-state index contributed by atoms with van der Waals surface area (Å²) in [6.07, 6.45) is 4.81. The van der Waals surface area contributed by atoms with Crippen LogP contribution in [0.15, 0.2) is 28.4 Å². The smallest absolute Gasteiger partial charge is 0.328 e. The van der Waals surface area contributed by atoms with Gasteiger partial charge in [-0.3, -0.25) is 14.3 Å². The van der Waals surface area contributed by atoms with E-state index < -0.39 is 0 Å². The SMILES string of the molecule is Cc1cn(CCSCCSCCn2cnc3c(N)ncnc32)c(=O)[nH]c1=O. The highest BCUT2D eigenvalue weighted by atomic mass is 32.2. The van der Waals surface area contributed by atoms with Crippen molar-refractivity contribution in [1.82, 2.24) is 29.1 Å². The molecule has 27 heavy (non-hydrogen) atoms. The molecular formula is C16H21N7O2S2. The van der Waals surface area contributed by atoms with Crippen molar-refractivity contribution in [2.45, 2.75) is 20.0 Å². The molecule has 11 heteroatoms. The van der Waals surface area contributed by atoms with Gasteiger partial charge in [0.2, 0.25) is 0 Å². The number of anilines is 1. The number of imidazole rings is 1. The molecular weight excluding hydrogens is 386 g/mol. The number of nitrogens with two attached hydrogens (primary N) is 1. The minimum absolute atomic E-state index is 0.319. The van der Waals surface area contributed by atoms with Gasteiger partial charge in [0.25, 0.3) is 5.56 Å². The van der Waals surface area contributed by atoms with Crippen LogP contribution in [-0.4, -0.2) is 52.1 Å². The van der Waals surface area contributed by atoms with Crippen LogP contribution in [-0.2, 0) is 13.1 Å². The van der Waals surface area contributed by atoms with Crippen molar-refractivity contribution >= 4 is 40.5 Å². The molecule has 3 aromatic heterocycles. The second-order valence-corrected chi connectivity index (χ2v) is 8.31. The first-order chi connectivity index (χ1) is 13.1. The summed E-state index contributed by atoms with van der Waals surface area (Å²) in [7, 11) is 0. The number of aromatic amines is 1. The average Bonchev–Trinajstić information content (AvgIpc) is 3.06. The molecule has 3 heterocycles. The van der Waals surface area contributed by atoms with Crippen LogP contribution in [0, 0.1) is 6.92 Å². The van der Waals surface area contributed by atoms with Gasteiger partial charge in [0, 0.05) is 47.9 Å². The number of hydrogen-bond acceptors (Lipinski definition) is 8. The van der Waals surface area contributed by atoms with Crippen LogP contribution in [0.2, 0.25) is 0 Å². The maximum Gasteiger partial charge on any atom is 0.328 e. The van der Waals surface area contributed by atoms with Crippen LogP contribution in [0.1, 0.15) is 5.56 Å². The van der Waals surface area contributed by atoms with Crippen molar-refractivity contribution in [1.29, 1.82) is 0 Å². The van der Waals surface area contributed by atoms with Crippen molar-refractivity contribution < 1.29 is 0 Å². The molecule has 144 valence electrons. The number of H-pyrrole nitrogens is 1. The fourth-order valence-corrected chi connectivity index (χ4v) is 4.50. The second kappa shape index (κ2) is 9.09. The molecule has 0 aliphatic carbocycles. The number of nitrogens with zero attached hydrogens (tertiary/aromatic N) is 5. The minimum Gasteiger partial charge on any atom is -0.382 e. The third-order valence-electron chi connectivity index (χ3n) is 3.94. The van der Waals surface area contributed by atoms with Crippen LogP contribution in [0.25, 0.3) is 11.2 Å². The van der Waals surface area contributed by atoms with Crippen molar-refractivity contribution in [2.75, 3.05) is 28.7 Å². The Hall–Kier alpha value is -2.27. The number of fused-ring (bicyclic) bond motifs is 1. The van der Waals surface area contributed by atoms with Crippen LogP contribution in [0.4, 0.5) is 5.82 Å². The Morgan fingerprint density at radius 2 is 1.74 bits per heavy atom. The highest BCUT2D eigenvalue weighted by molar-refractivity contribution is 8.02. The number of nitrogen functional groups attached to an aromatic ring is 1. The fraction of sp³-hybridized carbons (Fsp3) is 0.438. The molecule has 0 bridgehead atoms. The molecule has 0 radical (unpaired) electrons. The van der Waals surface area contributed by atoms with Gasteiger partial charge < -0.3 is 10.3 Å². The lowest BCUT2D eigenvalue weighted by Gasteiger charge is -2.06. The van der Waals surface area contributed by atoms with Crippen LogP contribution in [0.5, 0.6) is 0 Å². The third kappa shape index (κ3) is 4.92. The van der Waals surface area contributed by atoms with E-state index in [-0.39, 0.29) is 11.2 Å². The largest absolute Gasteiger partial charge is 0.382 e. The molecule has 0 fully saturated rings. The molecule has 0 atom stereocenters. The first-order valence-corrected chi connectivity index (χ1v) is 10.7. The molecule has 0 saturated heterocycles. The molecule has 0 aromatic carbocycles. The van der Waals surface area contributed by atoms with Gasteiger partial charge in [0.1, 0.15) is 11.8 Å². The predicted molar refractivity (Wildman–Crippen MR) is 110 cm³/mol. The lowest BCUT2D eigenvalue weighted by molar-refractivity contribution is 0.694. The molecule has 3 N–H and O–H groups in total. The van der Waals surface area contributed by atoms with E-state index in [4.69, 9.17) is 5.73 Å². The Bertz CT molecular complexity index is 1030. The monoisotopic (exact) mass is 407 g/mol. The number of nitrogens with one attached hydrogen (secondary N) is 1. The Morgan fingerprint density at radius 3 is 2.48 bits per heavy atom.